The van der Waals surface area contributed by atoms with E-state index >= 15 is 0 Å². The van der Waals surface area contributed by atoms with E-state index < -0.39 is 0 Å². The van der Waals surface area contributed by atoms with Crippen LogP contribution in [0.25, 0.3) is 0 Å². The summed E-state index contributed by atoms with van der Waals surface area (Å²) in [5, 5.41) is 7.79. The largest absolute Gasteiger partial charge is 0.357 e. The molecule has 1 aliphatic rings. The van der Waals surface area contributed by atoms with Gasteiger partial charge in [0.1, 0.15) is 6.54 Å². The molecule has 1 aromatic rings. The molecule has 0 saturated carbocycles. The van der Waals surface area contributed by atoms with E-state index in [9.17, 15) is 4.79 Å². The molecule has 0 radical (unpaired) electrons. The Bertz CT molecular complexity index is 607. The van der Waals surface area contributed by atoms with Gasteiger partial charge < -0.3 is 15.5 Å². The Balaban J connectivity index is 0.00000338. The Morgan fingerprint density at radius 3 is 2.62 bits per heavy atom. The number of aliphatic imine (C=N–C) groups is 1. The number of likely N-dealkylation sites (tertiary alicyclic amines) is 1. The lowest BCUT2D eigenvalue weighted by Crippen LogP contribution is -2.39. The lowest BCUT2D eigenvalue weighted by Gasteiger charge is -2.15. The molecule has 0 aromatic heterocycles. The van der Waals surface area contributed by atoms with Crippen LogP contribution < -0.4 is 10.6 Å². The van der Waals surface area contributed by atoms with Crippen LogP contribution in [-0.2, 0) is 11.2 Å². The molecule has 0 spiro atoms. The van der Waals surface area contributed by atoms with Gasteiger partial charge in [-0.15, -0.1) is 24.0 Å². The number of carbonyl (C=O) groups is 1. The second-order valence-corrected chi connectivity index (χ2v) is 6.89. The number of carbonyl (C=O) groups excluding carboxylic acids is 1. The van der Waals surface area contributed by atoms with E-state index in [1.807, 2.05) is 24.0 Å². The summed E-state index contributed by atoms with van der Waals surface area (Å²) >= 11 is 12.1. The quantitative estimate of drug-likeness (QED) is 0.253. The third-order valence-corrected chi connectivity index (χ3v) is 4.69. The van der Waals surface area contributed by atoms with Crippen molar-refractivity contribution in [3.05, 3.63) is 33.8 Å². The lowest BCUT2D eigenvalue weighted by atomic mass is 10.1. The first-order valence-corrected chi connectivity index (χ1v) is 9.59. The number of nitrogens with zero attached hydrogens (tertiary/aromatic N) is 2. The van der Waals surface area contributed by atoms with Crippen molar-refractivity contribution in [2.24, 2.45) is 4.99 Å². The fourth-order valence-electron chi connectivity index (χ4n) is 2.77. The standard InChI is InChI=1S/C18H26Cl2N4O.HI/c1-2-21-18(23-13-17(25)24-10-3-4-11-24)22-9-5-6-14-7-8-15(19)12-16(14)20;/h7-8,12H,2-6,9-11,13H2,1H3,(H2,21,22,23);1H. The molecule has 5 nitrogen and oxygen atoms in total. The molecule has 0 aliphatic carbocycles. The molecule has 0 atom stereocenters. The van der Waals surface area contributed by atoms with Gasteiger partial charge in [0.05, 0.1) is 0 Å². The van der Waals surface area contributed by atoms with Crippen molar-refractivity contribution in [2.45, 2.75) is 32.6 Å². The summed E-state index contributed by atoms with van der Waals surface area (Å²) in [5.74, 6) is 0.778. The molecule has 1 aliphatic heterocycles. The molecular weight excluding hydrogens is 486 g/mol. The number of benzene rings is 1. The zero-order valence-corrected chi connectivity index (χ0v) is 18.9. The number of guanidine groups is 1. The van der Waals surface area contributed by atoms with Gasteiger partial charge in [0, 0.05) is 36.2 Å². The van der Waals surface area contributed by atoms with Crippen LogP contribution in [0.15, 0.2) is 23.2 Å². The Morgan fingerprint density at radius 1 is 1.23 bits per heavy atom. The van der Waals surface area contributed by atoms with Crippen LogP contribution >= 0.6 is 47.2 Å². The van der Waals surface area contributed by atoms with Crippen molar-refractivity contribution >= 4 is 59.0 Å². The lowest BCUT2D eigenvalue weighted by molar-refractivity contribution is -0.128. The predicted octanol–water partition coefficient (Wildman–Crippen LogP) is 3.72. The summed E-state index contributed by atoms with van der Waals surface area (Å²) in [4.78, 5) is 18.3. The molecule has 1 aromatic carbocycles. The summed E-state index contributed by atoms with van der Waals surface area (Å²) in [5.41, 5.74) is 1.08. The Morgan fingerprint density at radius 2 is 1.96 bits per heavy atom. The maximum Gasteiger partial charge on any atom is 0.244 e. The minimum atomic E-state index is 0. The summed E-state index contributed by atoms with van der Waals surface area (Å²) in [7, 11) is 0. The van der Waals surface area contributed by atoms with Crippen LogP contribution in [0.4, 0.5) is 0 Å². The molecule has 1 saturated heterocycles. The molecule has 2 rings (SSSR count). The second kappa shape index (κ2) is 12.6. The summed E-state index contributed by atoms with van der Waals surface area (Å²) < 4.78 is 0. The number of hydrogen-bond donors (Lipinski definition) is 2. The van der Waals surface area contributed by atoms with Crippen LogP contribution in [0.3, 0.4) is 0 Å². The van der Waals surface area contributed by atoms with Gasteiger partial charge in [0.15, 0.2) is 5.96 Å². The van der Waals surface area contributed by atoms with Gasteiger partial charge in [-0.1, -0.05) is 29.3 Å². The highest BCUT2D eigenvalue weighted by molar-refractivity contribution is 14.0. The predicted molar refractivity (Wildman–Crippen MR) is 120 cm³/mol. The van der Waals surface area contributed by atoms with Crippen LogP contribution in [0.2, 0.25) is 10.0 Å². The second-order valence-electron chi connectivity index (χ2n) is 6.05. The van der Waals surface area contributed by atoms with Gasteiger partial charge in [-0.25, -0.2) is 4.99 Å². The third-order valence-electron chi connectivity index (χ3n) is 4.11. The zero-order chi connectivity index (χ0) is 18.1. The first-order chi connectivity index (χ1) is 12.1. The van der Waals surface area contributed by atoms with Crippen LogP contribution in [0, 0.1) is 0 Å². The van der Waals surface area contributed by atoms with E-state index in [4.69, 9.17) is 23.2 Å². The van der Waals surface area contributed by atoms with Gasteiger partial charge >= 0.3 is 0 Å². The number of rotatable bonds is 7. The van der Waals surface area contributed by atoms with Crippen molar-refractivity contribution in [3.8, 4) is 0 Å². The number of hydrogen-bond acceptors (Lipinski definition) is 2. The Labute approximate surface area is 182 Å². The molecule has 146 valence electrons. The molecule has 26 heavy (non-hydrogen) atoms. The Kier molecular flexibility index (Phi) is 11.3. The molecule has 1 heterocycles. The van der Waals surface area contributed by atoms with Crippen molar-refractivity contribution in [1.29, 1.82) is 0 Å². The van der Waals surface area contributed by atoms with Crippen molar-refractivity contribution in [2.75, 3.05) is 32.7 Å². The zero-order valence-electron chi connectivity index (χ0n) is 15.1. The van der Waals surface area contributed by atoms with E-state index in [1.165, 1.54) is 0 Å². The highest BCUT2D eigenvalue weighted by Crippen LogP contribution is 2.21. The van der Waals surface area contributed by atoms with E-state index in [0.717, 1.165) is 57.4 Å². The fraction of sp³-hybridized carbons (Fsp3) is 0.556. The smallest absolute Gasteiger partial charge is 0.244 e. The summed E-state index contributed by atoms with van der Waals surface area (Å²) in [6.07, 6.45) is 3.96. The first kappa shape index (κ1) is 23.3. The topological polar surface area (TPSA) is 56.7 Å². The third kappa shape index (κ3) is 7.88. The number of halogens is 3. The SMILES string of the molecule is CCNC(=NCC(=O)N1CCCC1)NCCCc1ccc(Cl)cc1Cl.I. The Hall–Kier alpha value is -0.730. The summed E-state index contributed by atoms with van der Waals surface area (Å²) in [6, 6.07) is 5.58. The fourth-order valence-corrected chi connectivity index (χ4v) is 3.27. The van der Waals surface area contributed by atoms with Gasteiger partial charge in [0.25, 0.3) is 0 Å². The minimum Gasteiger partial charge on any atom is -0.357 e. The van der Waals surface area contributed by atoms with E-state index in [2.05, 4.69) is 15.6 Å². The monoisotopic (exact) mass is 512 g/mol. The van der Waals surface area contributed by atoms with Crippen molar-refractivity contribution in [3.63, 3.8) is 0 Å². The highest BCUT2D eigenvalue weighted by atomic mass is 127. The van der Waals surface area contributed by atoms with Crippen LogP contribution in [0.1, 0.15) is 31.7 Å². The molecule has 1 fully saturated rings. The highest BCUT2D eigenvalue weighted by Gasteiger charge is 2.17. The first-order valence-electron chi connectivity index (χ1n) is 8.84. The van der Waals surface area contributed by atoms with Gasteiger partial charge in [-0.2, -0.15) is 0 Å². The average Bonchev–Trinajstić information content (AvgIpc) is 3.12. The normalized spacial score (nSPS) is 14.1. The average molecular weight is 513 g/mol. The van der Waals surface area contributed by atoms with E-state index in [0.29, 0.717) is 16.0 Å². The summed E-state index contributed by atoms with van der Waals surface area (Å²) in [6.45, 7) is 5.43. The molecule has 0 bridgehead atoms. The van der Waals surface area contributed by atoms with Gasteiger partial charge in [-0.3, -0.25) is 4.79 Å². The molecule has 1 amide bonds. The molecule has 0 unspecified atom stereocenters. The van der Waals surface area contributed by atoms with Gasteiger partial charge in [0.2, 0.25) is 5.91 Å². The van der Waals surface area contributed by atoms with Crippen molar-refractivity contribution < 1.29 is 4.79 Å². The van der Waals surface area contributed by atoms with Crippen molar-refractivity contribution in [1.82, 2.24) is 15.5 Å². The number of aryl methyl sites for hydroxylation is 1. The minimum absolute atomic E-state index is 0. The number of amides is 1. The maximum absolute atomic E-state index is 12.1. The van der Waals surface area contributed by atoms with E-state index in [-0.39, 0.29) is 36.4 Å². The van der Waals surface area contributed by atoms with Crippen LogP contribution in [-0.4, -0.2) is 49.5 Å². The molecular formula is C18H27Cl2IN4O. The van der Waals surface area contributed by atoms with Gasteiger partial charge in [-0.05, 0) is 50.3 Å². The molecule has 8 heteroatoms. The number of nitrogens with one attached hydrogen (secondary N) is 2. The maximum atomic E-state index is 12.1. The van der Waals surface area contributed by atoms with E-state index in [1.54, 1.807) is 6.07 Å². The van der Waals surface area contributed by atoms with Crippen LogP contribution in [0.5, 0.6) is 0 Å². The molecule has 2 N–H and O–H groups in total.